The average Bonchev–Trinajstić information content (AvgIpc) is 3.25. The minimum atomic E-state index is -0.426. The average molecular weight is 377 g/mol. The number of aromatic nitrogens is 1. The summed E-state index contributed by atoms with van der Waals surface area (Å²) in [7, 11) is 0. The zero-order valence-corrected chi connectivity index (χ0v) is 15.4. The molecule has 0 atom stereocenters. The van der Waals surface area contributed by atoms with Gasteiger partial charge in [0.05, 0.1) is 0 Å². The number of nitrogens with two attached hydrogens (primary N) is 1. The van der Waals surface area contributed by atoms with E-state index in [-0.39, 0.29) is 5.92 Å². The third-order valence-electron chi connectivity index (χ3n) is 4.53. The van der Waals surface area contributed by atoms with Gasteiger partial charge in [0, 0.05) is 23.5 Å². The summed E-state index contributed by atoms with van der Waals surface area (Å²) in [6.07, 6.45) is 4.99. The van der Waals surface area contributed by atoms with E-state index in [1.165, 1.54) is 33.6 Å². The maximum absolute atomic E-state index is 12.0. The van der Waals surface area contributed by atoms with Crippen LogP contribution in [0.4, 0.5) is 9.93 Å². The van der Waals surface area contributed by atoms with Crippen LogP contribution in [0.1, 0.15) is 21.9 Å². The van der Waals surface area contributed by atoms with Crippen LogP contribution in [-0.2, 0) is 4.74 Å². The van der Waals surface area contributed by atoms with Crippen molar-refractivity contribution in [3.8, 4) is 11.1 Å². The van der Waals surface area contributed by atoms with Gasteiger partial charge in [0.1, 0.15) is 6.61 Å². The lowest BCUT2D eigenvalue weighted by Crippen LogP contribution is -2.26. The van der Waals surface area contributed by atoms with Gasteiger partial charge < -0.3 is 15.8 Å². The summed E-state index contributed by atoms with van der Waals surface area (Å²) < 4.78 is 5.48. The van der Waals surface area contributed by atoms with Crippen LogP contribution in [0, 0.1) is 0 Å². The zero-order chi connectivity index (χ0) is 18.6. The Hall–Kier alpha value is -3.12. The Morgan fingerprint density at radius 2 is 1.81 bits per heavy atom. The van der Waals surface area contributed by atoms with Crippen molar-refractivity contribution in [2.45, 2.75) is 5.92 Å². The highest BCUT2D eigenvalue weighted by Gasteiger charge is 2.28. The van der Waals surface area contributed by atoms with Crippen molar-refractivity contribution in [3.05, 3.63) is 76.8 Å². The van der Waals surface area contributed by atoms with Gasteiger partial charge in [-0.3, -0.25) is 0 Å². The lowest BCUT2D eigenvalue weighted by atomic mass is 9.98. The Labute approximate surface area is 161 Å². The smallest absolute Gasteiger partial charge is 0.407 e. The lowest BCUT2D eigenvalue weighted by molar-refractivity contribution is 0.144. The number of nitrogens with one attached hydrogen (secondary N) is 1. The van der Waals surface area contributed by atoms with Gasteiger partial charge in [-0.15, -0.1) is 0 Å². The summed E-state index contributed by atoms with van der Waals surface area (Å²) in [4.78, 5) is 17.0. The fourth-order valence-electron chi connectivity index (χ4n) is 3.34. The molecule has 3 N–H and O–H groups in total. The van der Waals surface area contributed by atoms with Gasteiger partial charge in [-0.2, -0.15) is 0 Å². The van der Waals surface area contributed by atoms with Gasteiger partial charge in [-0.05, 0) is 28.3 Å². The van der Waals surface area contributed by atoms with E-state index in [2.05, 4.69) is 34.6 Å². The molecular formula is C21H19N3O2S. The second-order valence-electron chi connectivity index (χ2n) is 6.21. The third-order valence-corrected chi connectivity index (χ3v) is 5.32. The molecule has 0 radical (unpaired) electrons. The Balaban J connectivity index is 1.34. The normalized spacial score (nSPS) is 12.7. The second kappa shape index (κ2) is 7.63. The molecule has 1 amide bonds. The van der Waals surface area contributed by atoms with E-state index >= 15 is 0 Å². The molecule has 4 rings (SSSR count). The van der Waals surface area contributed by atoms with Crippen molar-refractivity contribution in [1.29, 1.82) is 0 Å². The van der Waals surface area contributed by atoms with Gasteiger partial charge >= 0.3 is 6.09 Å². The first kappa shape index (κ1) is 17.3. The van der Waals surface area contributed by atoms with Gasteiger partial charge in [0.25, 0.3) is 0 Å². The molecule has 0 aliphatic heterocycles. The molecule has 1 heterocycles. The van der Waals surface area contributed by atoms with E-state index in [4.69, 9.17) is 10.5 Å². The van der Waals surface area contributed by atoms with E-state index in [0.29, 0.717) is 18.3 Å². The van der Waals surface area contributed by atoms with Gasteiger partial charge in [-0.25, -0.2) is 9.78 Å². The van der Waals surface area contributed by atoms with Crippen molar-refractivity contribution < 1.29 is 9.53 Å². The van der Waals surface area contributed by atoms with Crippen LogP contribution < -0.4 is 11.1 Å². The molecule has 0 fully saturated rings. The zero-order valence-electron chi connectivity index (χ0n) is 14.6. The maximum Gasteiger partial charge on any atom is 0.407 e. The number of ether oxygens (including phenoxy) is 1. The summed E-state index contributed by atoms with van der Waals surface area (Å²) in [6.45, 7) is 0.698. The number of nitrogens with zero attached hydrogens (tertiary/aromatic N) is 1. The number of amides is 1. The lowest BCUT2D eigenvalue weighted by Gasteiger charge is -2.14. The molecule has 0 saturated heterocycles. The highest BCUT2D eigenvalue weighted by Crippen LogP contribution is 2.44. The monoisotopic (exact) mass is 377 g/mol. The van der Waals surface area contributed by atoms with E-state index in [1.807, 2.05) is 36.4 Å². The first-order valence-corrected chi connectivity index (χ1v) is 9.50. The number of fused-ring (bicyclic) bond motifs is 3. The number of thiazole rings is 1. The summed E-state index contributed by atoms with van der Waals surface area (Å²) >= 11 is 1.40. The molecule has 2 aromatic carbocycles. The van der Waals surface area contributed by atoms with Crippen LogP contribution in [0.2, 0.25) is 0 Å². The van der Waals surface area contributed by atoms with Crippen molar-refractivity contribution in [3.63, 3.8) is 0 Å². The first-order valence-electron chi connectivity index (χ1n) is 8.69. The number of carbonyl (C=O) groups is 1. The molecule has 3 aromatic rings. The molecule has 27 heavy (non-hydrogen) atoms. The van der Waals surface area contributed by atoms with Gasteiger partial charge in [0.15, 0.2) is 5.13 Å². The fraction of sp³-hybridized carbons (Fsp3) is 0.143. The Kier molecular flexibility index (Phi) is 4.89. The molecule has 0 unspecified atom stereocenters. The number of hydrogen-bond acceptors (Lipinski definition) is 5. The summed E-state index contributed by atoms with van der Waals surface area (Å²) in [5, 5.41) is 3.26. The standard InChI is InChI=1S/C21H19N3O2S/c22-20-24-12-14(27-20)6-5-11-23-21(25)26-13-19-17-9-3-1-7-15(17)16-8-2-4-10-18(16)19/h1-10,12,19H,11,13H2,(H2,22,24)(H,23,25). The second-order valence-corrected chi connectivity index (χ2v) is 7.30. The largest absolute Gasteiger partial charge is 0.449 e. The van der Waals surface area contributed by atoms with Crippen LogP contribution in [0.25, 0.3) is 17.2 Å². The summed E-state index contributed by atoms with van der Waals surface area (Å²) in [5.41, 5.74) is 10.4. The topological polar surface area (TPSA) is 77.2 Å². The number of rotatable bonds is 5. The van der Waals surface area contributed by atoms with Crippen LogP contribution in [0.3, 0.4) is 0 Å². The molecule has 0 bridgehead atoms. The minimum Gasteiger partial charge on any atom is -0.449 e. The summed E-state index contributed by atoms with van der Waals surface area (Å²) in [6, 6.07) is 16.6. The predicted octanol–water partition coefficient (Wildman–Crippen LogP) is 4.28. The fourth-order valence-corrected chi connectivity index (χ4v) is 3.96. The molecule has 1 aromatic heterocycles. The quantitative estimate of drug-likeness (QED) is 0.696. The molecule has 1 aliphatic carbocycles. The highest BCUT2D eigenvalue weighted by molar-refractivity contribution is 7.16. The van der Waals surface area contributed by atoms with Crippen LogP contribution in [-0.4, -0.2) is 24.2 Å². The molecule has 136 valence electrons. The SMILES string of the molecule is Nc1ncc(C=CCNC(=O)OCC2c3ccccc3-c3ccccc32)s1. The van der Waals surface area contributed by atoms with E-state index in [9.17, 15) is 4.79 Å². The summed E-state index contributed by atoms with van der Waals surface area (Å²) in [5.74, 6) is 0.0684. The van der Waals surface area contributed by atoms with E-state index in [0.717, 1.165) is 4.88 Å². The van der Waals surface area contributed by atoms with Crippen molar-refractivity contribution >= 4 is 28.6 Å². The molecule has 1 aliphatic rings. The number of nitrogen functional groups attached to an aromatic ring is 1. The van der Waals surface area contributed by atoms with Crippen LogP contribution in [0.5, 0.6) is 0 Å². The van der Waals surface area contributed by atoms with Gasteiger partial charge in [0.2, 0.25) is 0 Å². The van der Waals surface area contributed by atoms with Crippen molar-refractivity contribution in [2.24, 2.45) is 0 Å². The molecule has 6 heteroatoms. The Bertz CT molecular complexity index is 951. The van der Waals surface area contributed by atoms with Crippen molar-refractivity contribution in [2.75, 3.05) is 18.9 Å². The molecular weight excluding hydrogens is 358 g/mol. The maximum atomic E-state index is 12.0. The van der Waals surface area contributed by atoms with Crippen molar-refractivity contribution in [1.82, 2.24) is 10.3 Å². The molecule has 0 spiro atoms. The number of anilines is 1. The Morgan fingerprint density at radius 1 is 1.15 bits per heavy atom. The third kappa shape index (κ3) is 3.71. The number of hydrogen-bond donors (Lipinski definition) is 2. The number of alkyl carbamates (subject to hydrolysis) is 1. The van der Waals surface area contributed by atoms with Crippen LogP contribution >= 0.6 is 11.3 Å². The van der Waals surface area contributed by atoms with E-state index < -0.39 is 6.09 Å². The predicted molar refractivity (Wildman–Crippen MR) is 109 cm³/mol. The molecule has 0 saturated carbocycles. The number of benzene rings is 2. The molecule has 5 nitrogen and oxygen atoms in total. The van der Waals surface area contributed by atoms with Crippen LogP contribution in [0.15, 0.2) is 60.8 Å². The highest BCUT2D eigenvalue weighted by atomic mass is 32.1. The number of carbonyl (C=O) groups excluding carboxylic acids is 1. The van der Waals surface area contributed by atoms with E-state index in [1.54, 1.807) is 6.20 Å². The van der Waals surface area contributed by atoms with Gasteiger partial charge in [-0.1, -0.05) is 65.9 Å². The first-order chi connectivity index (χ1) is 13.2. The minimum absolute atomic E-state index is 0.0684. The Morgan fingerprint density at radius 3 is 2.44 bits per heavy atom.